The van der Waals surface area contributed by atoms with Gasteiger partial charge in [-0.1, -0.05) is 0 Å². The Hall–Kier alpha value is -1.10. The van der Waals surface area contributed by atoms with Crippen molar-refractivity contribution in [1.82, 2.24) is 5.32 Å². The van der Waals surface area contributed by atoms with Crippen LogP contribution in [0.2, 0.25) is 0 Å². The number of ether oxygens (including phenoxy) is 2. The summed E-state index contributed by atoms with van der Waals surface area (Å²) in [7, 11) is 1.35. The van der Waals surface area contributed by atoms with Crippen molar-refractivity contribution in [3.63, 3.8) is 0 Å². The highest BCUT2D eigenvalue weighted by Crippen LogP contribution is 1.93. The van der Waals surface area contributed by atoms with Crippen molar-refractivity contribution in [3.05, 3.63) is 0 Å². The molecule has 88 valence electrons. The van der Waals surface area contributed by atoms with E-state index in [2.05, 4.69) is 10.1 Å². The number of nitrogens with one attached hydrogen (secondary N) is 1. The predicted octanol–water partition coefficient (Wildman–Crippen LogP) is 0.481. The van der Waals surface area contributed by atoms with E-state index in [0.29, 0.717) is 26.0 Å². The predicted molar refractivity (Wildman–Crippen MR) is 55.3 cm³/mol. The van der Waals surface area contributed by atoms with E-state index in [9.17, 15) is 9.59 Å². The van der Waals surface area contributed by atoms with Crippen LogP contribution < -0.4 is 5.32 Å². The minimum atomic E-state index is -0.336. The SMILES string of the molecule is CCOC(=O)CCCN[C@@H](C)C(=O)OC. The molecule has 0 rings (SSSR count). The Labute approximate surface area is 90.1 Å². The lowest BCUT2D eigenvalue weighted by atomic mass is 10.3. The van der Waals surface area contributed by atoms with Crippen LogP contribution in [0.3, 0.4) is 0 Å². The molecule has 0 fully saturated rings. The molecular weight excluding hydrogens is 198 g/mol. The van der Waals surface area contributed by atoms with E-state index < -0.39 is 0 Å². The summed E-state index contributed by atoms with van der Waals surface area (Å²) in [5.41, 5.74) is 0. The van der Waals surface area contributed by atoms with Gasteiger partial charge in [-0.05, 0) is 26.8 Å². The molecule has 0 aliphatic carbocycles. The molecule has 0 aromatic heterocycles. The van der Waals surface area contributed by atoms with Crippen LogP contribution in [0.25, 0.3) is 0 Å². The van der Waals surface area contributed by atoms with E-state index in [0.717, 1.165) is 0 Å². The van der Waals surface area contributed by atoms with E-state index in [1.54, 1.807) is 13.8 Å². The lowest BCUT2D eigenvalue weighted by molar-refractivity contribution is -0.143. The summed E-state index contributed by atoms with van der Waals surface area (Å²) in [6.07, 6.45) is 1.02. The van der Waals surface area contributed by atoms with E-state index in [1.165, 1.54) is 7.11 Å². The van der Waals surface area contributed by atoms with Gasteiger partial charge in [0, 0.05) is 6.42 Å². The van der Waals surface area contributed by atoms with Gasteiger partial charge in [0.05, 0.1) is 13.7 Å². The molecule has 15 heavy (non-hydrogen) atoms. The molecule has 0 aromatic carbocycles. The fourth-order valence-electron chi connectivity index (χ4n) is 1.04. The zero-order valence-corrected chi connectivity index (χ0v) is 9.54. The van der Waals surface area contributed by atoms with Crippen LogP contribution in [0.1, 0.15) is 26.7 Å². The molecule has 0 amide bonds. The Balaban J connectivity index is 3.46. The highest BCUT2D eigenvalue weighted by atomic mass is 16.5. The van der Waals surface area contributed by atoms with Gasteiger partial charge in [0.15, 0.2) is 0 Å². The molecule has 0 bridgehead atoms. The highest BCUT2D eigenvalue weighted by molar-refractivity contribution is 5.75. The number of hydrogen-bond donors (Lipinski definition) is 1. The van der Waals surface area contributed by atoms with E-state index in [4.69, 9.17) is 4.74 Å². The quantitative estimate of drug-likeness (QED) is 0.496. The first-order chi connectivity index (χ1) is 7.11. The van der Waals surface area contributed by atoms with Crippen molar-refractivity contribution in [2.75, 3.05) is 20.3 Å². The third kappa shape index (κ3) is 6.90. The normalized spacial score (nSPS) is 11.9. The van der Waals surface area contributed by atoms with Crippen molar-refractivity contribution >= 4 is 11.9 Å². The van der Waals surface area contributed by atoms with Gasteiger partial charge in [0.2, 0.25) is 0 Å². The summed E-state index contributed by atoms with van der Waals surface area (Å²) in [6, 6.07) is -0.336. The Bertz CT molecular complexity index is 206. The molecule has 0 saturated carbocycles. The average molecular weight is 217 g/mol. The first-order valence-electron chi connectivity index (χ1n) is 5.08. The van der Waals surface area contributed by atoms with Crippen LogP contribution in [-0.2, 0) is 19.1 Å². The van der Waals surface area contributed by atoms with E-state index in [1.807, 2.05) is 0 Å². The van der Waals surface area contributed by atoms with Gasteiger partial charge < -0.3 is 14.8 Å². The number of carbonyl (C=O) groups is 2. The van der Waals surface area contributed by atoms with Gasteiger partial charge in [0.25, 0.3) is 0 Å². The Morgan fingerprint density at radius 3 is 2.60 bits per heavy atom. The minimum absolute atomic E-state index is 0.204. The van der Waals surface area contributed by atoms with Crippen molar-refractivity contribution in [1.29, 1.82) is 0 Å². The van der Waals surface area contributed by atoms with Crippen LogP contribution in [0, 0.1) is 0 Å². The maximum atomic E-state index is 11.0. The molecule has 0 unspecified atom stereocenters. The number of carbonyl (C=O) groups excluding carboxylic acids is 2. The van der Waals surface area contributed by atoms with Crippen molar-refractivity contribution < 1.29 is 19.1 Å². The van der Waals surface area contributed by atoms with Gasteiger partial charge in [-0.3, -0.25) is 9.59 Å². The molecule has 0 aromatic rings. The summed E-state index contributed by atoms with van der Waals surface area (Å²) in [5.74, 6) is -0.504. The highest BCUT2D eigenvalue weighted by Gasteiger charge is 2.11. The molecule has 1 atom stereocenters. The maximum absolute atomic E-state index is 11.0. The van der Waals surface area contributed by atoms with Crippen LogP contribution in [0.5, 0.6) is 0 Å². The number of rotatable bonds is 7. The number of hydrogen-bond acceptors (Lipinski definition) is 5. The fraction of sp³-hybridized carbons (Fsp3) is 0.800. The topological polar surface area (TPSA) is 64.6 Å². The van der Waals surface area contributed by atoms with Gasteiger partial charge in [0.1, 0.15) is 6.04 Å². The number of esters is 2. The second-order valence-electron chi connectivity index (χ2n) is 3.11. The molecule has 5 heteroatoms. The first kappa shape index (κ1) is 13.9. The lowest BCUT2D eigenvalue weighted by Crippen LogP contribution is -2.35. The van der Waals surface area contributed by atoms with Crippen LogP contribution in [0.4, 0.5) is 0 Å². The van der Waals surface area contributed by atoms with Crippen LogP contribution in [0.15, 0.2) is 0 Å². The lowest BCUT2D eigenvalue weighted by Gasteiger charge is -2.10. The summed E-state index contributed by atoms with van der Waals surface area (Å²) >= 11 is 0. The van der Waals surface area contributed by atoms with Gasteiger partial charge in [-0.2, -0.15) is 0 Å². The van der Waals surface area contributed by atoms with Crippen molar-refractivity contribution in [2.24, 2.45) is 0 Å². The smallest absolute Gasteiger partial charge is 0.322 e. The molecule has 0 spiro atoms. The summed E-state index contributed by atoms with van der Waals surface area (Å²) in [4.78, 5) is 21.9. The third-order valence-corrected chi connectivity index (χ3v) is 1.87. The van der Waals surface area contributed by atoms with E-state index >= 15 is 0 Å². The van der Waals surface area contributed by atoms with Gasteiger partial charge in [-0.25, -0.2) is 0 Å². The van der Waals surface area contributed by atoms with Crippen LogP contribution >= 0.6 is 0 Å². The first-order valence-corrected chi connectivity index (χ1v) is 5.08. The molecule has 5 nitrogen and oxygen atoms in total. The molecule has 0 heterocycles. The molecule has 0 aliphatic rings. The zero-order valence-electron chi connectivity index (χ0n) is 9.54. The number of methoxy groups -OCH3 is 1. The fourth-order valence-corrected chi connectivity index (χ4v) is 1.04. The van der Waals surface area contributed by atoms with Crippen molar-refractivity contribution in [2.45, 2.75) is 32.7 Å². The standard InChI is InChI=1S/C10H19NO4/c1-4-15-9(12)6-5-7-11-8(2)10(13)14-3/h8,11H,4-7H2,1-3H3/t8-/m0/s1. The second-order valence-corrected chi connectivity index (χ2v) is 3.11. The zero-order chi connectivity index (χ0) is 11.7. The average Bonchev–Trinajstić information content (AvgIpc) is 2.23. The molecule has 1 N–H and O–H groups in total. The summed E-state index contributed by atoms with van der Waals surface area (Å²) in [5, 5.41) is 2.95. The maximum Gasteiger partial charge on any atom is 0.322 e. The van der Waals surface area contributed by atoms with E-state index in [-0.39, 0.29) is 18.0 Å². The Morgan fingerprint density at radius 2 is 2.07 bits per heavy atom. The third-order valence-electron chi connectivity index (χ3n) is 1.87. The molecule has 0 radical (unpaired) electrons. The second kappa shape index (κ2) is 8.23. The largest absolute Gasteiger partial charge is 0.468 e. The van der Waals surface area contributed by atoms with Gasteiger partial charge >= 0.3 is 11.9 Å². The molecular formula is C10H19NO4. The Morgan fingerprint density at radius 1 is 1.40 bits per heavy atom. The van der Waals surface area contributed by atoms with Gasteiger partial charge in [-0.15, -0.1) is 0 Å². The van der Waals surface area contributed by atoms with Crippen LogP contribution in [-0.4, -0.2) is 38.2 Å². The minimum Gasteiger partial charge on any atom is -0.468 e. The monoisotopic (exact) mass is 217 g/mol. The summed E-state index contributed by atoms with van der Waals surface area (Å²) < 4.78 is 9.29. The Kier molecular flexibility index (Phi) is 7.62. The summed E-state index contributed by atoms with van der Waals surface area (Å²) in [6.45, 7) is 4.49. The molecule has 0 aliphatic heterocycles. The van der Waals surface area contributed by atoms with Crippen molar-refractivity contribution in [3.8, 4) is 0 Å². The molecule has 0 saturated heterocycles.